The molecule has 0 unspecified atom stereocenters. The normalized spacial score (nSPS) is 11.4. The summed E-state index contributed by atoms with van der Waals surface area (Å²) in [5, 5.41) is 10.2. The smallest absolute Gasteiger partial charge is 0.137 e. The van der Waals surface area contributed by atoms with Gasteiger partial charge >= 0.3 is 0 Å². The average Bonchev–Trinajstić information content (AvgIpc) is 3.55. The minimum atomic E-state index is -0.240. The second kappa shape index (κ2) is 9.51. The van der Waals surface area contributed by atoms with Crippen molar-refractivity contribution in [3.05, 3.63) is 95.5 Å². The molecule has 0 bridgehead atoms. The van der Waals surface area contributed by atoms with E-state index in [9.17, 15) is 4.39 Å². The van der Waals surface area contributed by atoms with Crippen molar-refractivity contribution >= 4 is 10.9 Å². The molecule has 0 radical (unpaired) electrons. The largest absolute Gasteiger partial charge is 0.497 e. The number of methoxy groups -OCH3 is 1. The average molecular weight is 459 g/mol. The fourth-order valence-electron chi connectivity index (χ4n) is 4.29. The van der Waals surface area contributed by atoms with Crippen LogP contribution in [0.4, 0.5) is 4.39 Å². The number of hydrogen-bond donors (Lipinski definition) is 1. The number of benzene rings is 2. The Bertz CT molecular complexity index is 1400. The molecule has 0 spiro atoms. The second-order valence-electron chi connectivity index (χ2n) is 8.52. The van der Waals surface area contributed by atoms with Gasteiger partial charge in [-0.1, -0.05) is 12.1 Å². The van der Waals surface area contributed by atoms with E-state index in [1.807, 2.05) is 48.5 Å². The Balaban J connectivity index is 1.42. The van der Waals surface area contributed by atoms with Gasteiger partial charge in [-0.2, -0.15) is 0 Å². The van der Waals surface area contributed by atoms with Gasteiger partial charge in [0.2, 0.25) is 0 Å². The van der Waals surface area contributed by atoms with Gasteiger partial charge < -0.3 is 18.9 Å². The van der Waals surface area contributed by atoms with Gasteiger partial charge in [0, 0.05) is 49.7 Å². The van der Waals surface area contributed by atoms with Crippen molar-refractivity contribution in [2.45, 2.75) is 32.2 Å². The predicted octanol–water partition coefficient (Wildman–Crippen LogP) is 4.46. The summed E-state index contributed by atoms with van der Waals surface area (Å²) in [5.74, 6) is 2.36. The van der Waals surface area contributed by atoms with E-state index >= 15 is 0 Å². The molecule has 0 aliphatic heterocycles. The lowest BCUT2D eigenvalue weighted by atomic mass is 10.1. The molecule has 7 nitrogen and oxygen atoms in total. The van der Waals surface area contributed by atoms with Crippen LogP contribution >= 0.6 is 0 Å². The van der Waals surface area contributed by atoms with Gasteiger partial charge in [-0.3, -0.25) is 0 Å². The molecule has 5 rings (SSSR count). The molecule has 8 heteroatoms. The van der Waals surface area contributed by atoms with Crippen LogP contribution in [0.3, 0.4) is 0 Å². The Morgan fingerprint density at radius 3 is 2.56 bits per heavy atom. The molecule has 3 heterocycles. The summed E-state index contributed by atoms with van der Waals surface area (Å²) in [5.41, 5.74) is 4.27. The fourth-order valence-corrected chi connectivity index (χ4v) is 4.29. The van der Waals surface area contributed by atoms with E-state index in [2.05, 4.69) is 24.7 Å². The number of fused-ring (bicyclic) bond motifs is 1. The molecule has 0 saturated carbocycles. The summed E-state index contributed by atoms with van der Waals surface area (Å²) in [4.78, 5) is 7.78. The van der Waals surface area contributed by atoms with E-state index in [1.54, 1.807) is 19.2 Å². The molecule has 0 fully saturated rings. The topological polar surface area (TPSA) is 73.5 Å². The zero-order chi connectivity index (χ0) is 23.5. The molecular formula is C26H27FN6O. The third kappa shape index (κ3) is 4.71. The van der Waals surface area contributed by atoms with Crippen LogP contribution in [-0.2, 0) is 32.9 Å². The number of aryl methyl sites for hydroxylation is 2. The van der Waals surface area contributed by atoms with Crippen molar-refractivity contribution in [2.24, 2.45) is 7.05 Å². The summed E-state index contributed by atoms with van der Waals surface area (Å²) < 4.78 is 23.0. The number of nitrogens with zero attached hydrogens (tertiary/aromatic N) is 5. The predicted molar refractivity (Wildman–Crippen MR) is 128 cm³/mol. The molecule has 2 aromatic carbocycles. The zero-order valence-corrected chi connectivity index (χ0v) is 19.3. The van der Waals surface area contributed by atoms with E-state index in [0.717, 1.165) is 64.5 Å². The summed E-state index contributed by atoms with van der Waals surface area (Å²) in [6, 6.07) is 12.6. The third-order valence-corrected chi connectivity index (χ3v) is 6.08. The molecule has 0 atom stereocenters. The van der Waals surface area contributed by atoms with Crippen LogP contribution in [0.15, 0.2) is 61.2 Å². The van der Waals surface area contributed by atoms with E-state index in [4.69, 9.17) is 4.74 Å². The summed E-state index contributed by atoms with van der Waals surface area (Å²) >= 11 is 0. The molecule has 3 aromatic heterocycles. The lowest BCUT2D eigenvalue weighted by Gasteiger charge is -2.11. The van der Waals surface area contributed by atoms with Gasteiger partial charge in [0.1, 0.15) is 23.2 Å². The Morgan fingerprint density at radius 2 is 1.82 bits per heavy atom. The van der Waals surface area contributed by atoms with E-state index < -0.39 is 0 Å². The van der Waals surface area contributed by atoms with Gasteiger partial charge in [-0.15, -0.1) is 10.2 Å². The highest BCUT2D eigenvalue weighted by Gasteiger charge is 2.16. The molecule has 0 saturated heterocycles. The first kappa shape index (κ1) is 21.9. The van der Waals surface area contributed by atoms with Crippen LogP contribution in [0, 0.1) is 5.82 Å². The third-order valence-electron chi connectivity index (χ3n) is 6.08. The number of halogens is 1. The number of rotatable bonds is 9. The van der Waals surface area contributed by atoms with Gasteiger partial charge in [0.25, 0.3) is 0 Å². The highest BCUT2D eigenvalue weighted by molar-refractivity contribution is 5.84. The Labute approximate surface area is 197 Å². The van der Waals surface area contributed by atoms with E-state index in [1.165, 1.54) is 12.1 Å². The monoisotopic (exact) mass is 458 g/mol. The standard InChI is InChI=1S/C26H27FN6O/c1-32-16-21(29-17-32)4-3-11-33-25(12-18-5-7-20(27)8-6-18)30-31-26(33)13-19-15-28-24-10-9-22(34-2)14-23(19)24/h5-10,14-17,28H,3-4,11-13H2,1-2H3. The Morgan fingerprint density at radius 1 is 1.03 bits per heavy atom. The number of ether oxygens (including phenoxy) is 1. The lowest BCUT2D eigenvalue weighted by molar-refractivity contribution is 0.415. The fraction of sp³-hybridized carbons (Fsp3) is 0.269. The number of hydrogen-bond acceptors (Lipinski definition) is 4. The van der Waals surface area contributed by atoms with Crippen LogP contribution in [-0.4, -0.2) is 36.4 Å². The van der Waals surface area contributed by atoms with Gasteiger partial charge in [0.05, 0.1) is 19.1 Å². The maximum absolute atomic E-state index is 13.4. The first-order chi connectivity index (χ1) is 16.6. The quantitative estimate of drug-likeness (QED) is 0.354. The van der Waals surface area contributed by atoms with Crippen LogP contribution in [0.25, 0.3) is 10.9 Å². The minimum Gasteiger partial charge on any atom is -0.497 e. The number of imidazole rings is 1. The van der Waals surface area contributed by atoms with Crippen molar-refractivity contribution < 1.29 is 9.13 Å². The number of aromatic nitrogens is 6. The molecule has 34 heavy (non-hydrogen) atoms. The molecule has 0 aliphatic carbocycles. The van der Waals surface area contributed by atoms with Gasteiger partial charge in [-0.05, 0) is 54.3 Å². The van der Waals surface area contributed by atoms with Crippen LogP contribution in [0.1, 0.15) is 34.9 Å². The summed E-state index contributed by atoms with van der Waals surface area (Å²) in [6.07, 6.45) is 8.93. The highest BCUT2D eigenvalue weighted by atomic mass is 19.1. The number of nitrogens with one attached hydrogen (secondary N) is 1. The minimum absolute atomic E-state index is 0.240. The number of aromatic amines is 1. The maximum atomic E-state index is 13.4. The second-order valence-corrected chi connectivity index (χ2v) is 8.52. The Kier molecular flexibility index (Phi) is 6.12. The van der Waals surface area contributed by atoms with Crippen molar-refractivity contribution in [1.82, 2.24) is 29.3 Å². The SMILES string of the molecule is COc1ccc2[nH]cc(Cc3nnc(Cc4ccc(F)cc4)n3CCCc3cn(C)cn3)c2c1. The first-order valence-corrected chi connectivity index (χ1v) is 11.4. The van der Waals surface area contributed by atoms with E-state index in [-0.39, 0.29) is 5.82 Å². The van der Waals surface area contributed by atoms with Crippen molar-refractivity contribution in [3.8, 4) is 5.75 Å². The zero-order valence-electron chi connectivity index (χ0n) is 19.3. The molecule has 1 N–H and O–H groups in total. The van der Waals surface area contributed by atoms with Gasteiger partial charge in [-0.25, -0.2) is 9.37 Å². The van der Waals surface area contributed by atoms with Gasteiger partial charge in [0.15, 0.2) is 0 Å². The first-order valence-electron chi connectivity index (χ1n) is 11.4. The molecular weight excluding hydrogens is 431 g/mol. The molecule has 0 amide bonds. The maximum Gasteiger partial charge on any atom is 0.137 e. The molecule has 0 aliphatic rings. The van der Waals surface area contributed by atoms with Crippen LogP contribution < -0.4 is 4.74 Å². The summed E-state index contributed by atoms with van der Waals surface area (Å²) in [7, 11) is 3.65. The van der Waals surface area contributed by atoms with Crippen LogP contribution in [0.2, 0.25) is 0 Å². The van der Waals surface area contributed by atoms with Crippen molar-refractivity contribution in [1.29, 1.82) is 0 Å². The molecule has 174 valence electrons. The summed E-state index contributed by atoms with van der Waals surface area (Å²) in [6.45, 7) is 0.779. The molecule has 5 aromatic rings. The van der Waals surface area contributed by atoms with Crippen molar-refractivity contribution in [3.63, 3.8) is 0 Å². The van der Waals surface area contributed by atoms with Crippen LogP contribution in [0.5, 0.6) is 5.75 Å². The lowest BCUT2D eigenvalue weighted by Crippen LogP contribution is -2.10. The van der Waals surface area contributed by atoms with Crippen molar-refractivity contribution in [2.75, 3.05) is 7.11 Å². The highest BCUT2D eigenvalue weighted by Crippen LogP contribution is 2.25. The Hall–Kier alpha value is -3.94. The number of H-pyrrole nitrogens is 1. The van der Waals surface area contributed by atoms with E-state index in [0.29, 0.717) is 12.8 Å².